The molecule has 0 saturated heterocycles. The molecule has 112 valence electrons. The number of hydrogen-bond acceptors (Lipinski definition) is 2. The molecule has 0 heterocycles. The molecule has 0 fully saturated rings. The second kappa shape index (κ2) is 7.26. The van der Waals surface area contributed by atoms with Crippen LogP contribution < -0.4 is 10.1 Å². The normalized spacial score (nSPS) is 10.8. The summed E-state index contributed by atoms with van der Waals surface area (Å²) < 4.78 is 5.61. The smallest absolute Gasteiger partial charge is 0.156 e. The average Bonchev–Trinajstić information content (AvgIpc) is 2.42. The highest BCUT2D eigenvalue weighted by Crippen LogP contribution is 2.35. The average molecular weight is 345 g/mol. The summed E-state index contributed by atoms with van der Waals surface area (Å²) in [6, 6.07) is 11.2. The summed E-state index contributed by atoms with van der Waals surface area (Å²) in [5.74, 6) is 0.531. The van der Waals surface area contributed by atoms with Gasteiger partial charge in [-0.15, -0.1) is 0 Å². The fourth-order valence-corrected chi connectivity index (χ4v) is 2.58. The van der Waals surface area contributed by atoms with E-state index < -0.39 is 0 Å². The number of hydrogen-bond donors (Lipinski definition) is 1. The zero-order valence-corrected chi connectivity index (χ0v) is 14.1. The van der Waals surface area contributed by atoms with Crippen molar-refractivity contribution >= 4 is 40.5 Å². The molecule has 21 heavy (non-hydrogen) atoms. The SMILES string of the molecule is CC(C)Oc1c(Cl)cc(CNc2ccc(Cl)cc2)cc1Cl. The summed E-state index contributed by atoms with van der Waals surface area (Å²) >= 11 is 18.3. The maximum Gasteiger partial charge on any atom is 0.156 e. The van der Waals surface area contributed by atoms with Crippen molar-refractivity contribution in [2.45, 2.75) is 26.5 Å². The zero-order chi connectivity index (χ0) is 15.4. The van der Waals surface area contributed by atoms with Crippen LogP contribution in [0.4, 0.5) is 5.69 Å². The number of ether oxygens (including phenoxy) is 1. The first kappa shape index (κ1) is 16.3. The van der Waals surface area contributed by atoms with Gasteiger partial charge in [0.05, 0.1) is 16.1 Å². The number of rotatable bonds is 5. The summed E-state index contributed by atoms with van der Waals surface area (Å²) in [6.07, 6.45) is 0.0260. The van der Waals surface area contributed by atoms with Gasteiger partial charge in [-0.05, 0) is 55.8 Å². The summed E-state index contributed by atoms with van der Waals surface area (Å²) in [4.78, 5) is 0. The van der Waals surface area contributed by atoms with E-state index in [0.717, 1.165) is 11.3 Å². The molecule has 2 aromatic rings. The van der Waals surface area contributed by atoms with Crippen molar-refractivity contribution in [3.8, 4) is 5.75 Å². The van der Waals surface area contributed by atoms with E-state index in [2.05, 4.69) is 5.32 Å². The van der Waals surface area contributed by atoms with Gasteiger partial charge in [-0.3, -0.25) is 0 Å². The Balaban J connectivity index is 2.09. The van der Waals surface area contributed by atoms with Gasteiger partial charge in [0, 0.05) is 17.3 Å². The lowest BCUT2D eigenvalue weighted by Gasteiger charge is -2.15. The maximum absolute atomic E-state index is 6.23. The van der Waals surface area contributed by atoms with Crippen molar-refractivity contribution in [2.75, 3.05) is 5.32 Å². The van der Waals surface area contributed by atoms with Gasteiger partial charge in [0.15, 0.2) is 5.75 Å². The minimum absolute atomic E-state index is 0.0260. The molecule has 2 nitrogen and oxygen atoms in total. The van der Waals surface area contributed by atoms with E-state index in [9.17, 15) is 0 Å². The molecule has 0 saturated carbocycles. The third-order valence-electron chi connectivity index (χ3n) is 2.75. The van der Waals surface area contributed by atoms with E-state index in [0.29, 0.717) is 27.4 Å². The molecule has 2 aromatic carbocycles. The predicted molar refractivity (Wildman–Crippen MR) is 91.0 cm³/mol. The van der Waals surface area contributed by atoms with Crippen LogP contribution in [-0.4, -0.2) is 6.10 Å². The first-order valence-corrected chi connectivity index (χ1v) is 7.73. The molecule has 1 N–H and O–H groups in total. The highest BCUT2D eigenvalue weighted by atomic mass is 35.5. The van der Waals surface area contributed by atoms with Crippen LogP contribution in [0, 0.1) is 0 Å². The van der Waals surface area contributed by atoms with Gasteiger partial charge < -0.3 is 10.1 Å². The number of halogens is 3. The van der Waals surface area contributed by atoms with Crippen LogP contribution >= 0.6 is 34.8 Å². The highest BCUT2D eigenvalue weighted by Gasteiger charge is 2.11. The Morgan fingerprint density at radius 3 is 2.10 bits per heavy atom. The van der Waals surface area contributed by atoms with Gasteiger partial charge in [0.25, 0.3) is 0 Å². The molecule has 0 unspecified atom stereocenters. The van der Waals surface area contributed by atoms with Crippen LogP contribution in [0.15, 0.2) is 36.4 Å². The van der Waals surface area contributed by atoms with Gasteiger partial charge in [-0.2, -0.15) is 0 Å². The standard InChI is InChI=1S/C16H16Cl3NO/c1-10(2)21-16-14(18)7-11(8-15(16)19)9-20-13-5-3-12(17)4-6-13/h3-8,10,20H,9H2,1-2H3. The Morgan fingerprint density at radius 2 is 1.57 bits per heavy atom. The van der Waals surface area contributed by atoms with Crippen LogP contribution in [0.25, 0.3) is 0 Å². The molecule has 0 spiro atoms. The van der Waals surface area contributed by atoms with Gasteiger partial charge in [-0.1, -0.05) is 34.8 Å². The van der Waals surface area contributed by atoms with E-state index in [1.54, 1.807) is 0 Å². The van der Waals surface area contributed by atoms with E-state index in [4.69, 9.17) is 39.5 Å². The summed E-state index contributed by atoms with van der Waals surface area (Å²) in [5, 5.41) is 5.03. The molecular formula is C16H16Cl3NO. The molecule has 0 aliphatic rings. The first-order valence-electron chi connectivity index (χ1n) is 6.59. The van der Waals surface area contributed by atoms with Crippen LogP contribution in [0.3, 0.4) is 0 Å². The predicted octanol–water partition coefficient (Wildman–Crippen LogP) is 6.05. The van der Waals surface area contributed by atoms with E-state index >= 15 is 0 Å². The number of benzene rings is 2. The topological polar surface area (TPSA) is 21.3 Å². The second-order valence-corrected chi connectivity index (χ2v) is 6.17. The molecule has 2 rings (SSSR count). The highest BCUT2D eigenvalue weighted by molar-refractivity contribution is 6.37. The minimum atomic E-state index is 0.0260. The maximum atomic E-state index is 6.23. The molecular weight excluding hydrogens is 329 g/mol. The lowest BCUT2D eigenvalue weighted by Crippen LogP contribution is -2.07. The van der Waals surface area contributed by atoms with Crippen molar-refractivity contribution in [3.05, 3.63) is 57.0 Å². The summed E-state index contributed by atoms with van der Waals surface area (Å²) in [7, 11) is 0. The Bertz CT molecular complexity index is 588. The van der Waals surface area contributed by atoms with Gasteiger partial charge in [0.1, 0.15) is 0 Å². The Kier molecular flexibility index (Phi) is 5.63. The van der Waals surface area contributed by atoms with Crippen molar-refractivity contribution in [1.29, 1.82) is 0 Å². The molecule has 5 heteroatoms. The van der Waals surface area contributed by atoms with Crippen LogP contribution in [0.2, 0.25) is 15.1 Å². The lowest BCUT2D eigenvalue weighted by atomic mass is 10.2. The summed E-state index contributed by atoms with van der Waals surface area (Å²) in [6.45, 7) is 4.48. The molecule has 0 atom stereocenters. The summed E-state index contributed by atoms with van der Waals surface area (Å²) in [5.41, 5.74) is 1.96. The third-order valence-corrected chi connectivity index (χ3v) is 3.57. The van der Waals surface area contributed by atoms with E-state index in [1.165, 1.54) is 0 Å². The Labute approximate surface area is 140 Å². The van der Waals surface area contributed by atoms with Crippen LogP contribution in [0.5, 0.6) is 5.75 Å². The monoisotopic (exact) mass is 343 g/mol. The van der Waals surface area contributed by atoms with E-state index in [1.807, 2.05) is 50.2 Å². The van der Waals surface area contributed by atoms with Gasteiger partial charge in [0.2, 0.25) is 0 Å². The molecule has 0 radical (unpaired) electrons. The quantitative estimate of drug-likeness (QED) is 0.713. The fraction of sp³-hybridized carbons (Fsp3) is 0.250. The van der Waals surface area contributed by atoms with Crippen molar-refractivity contribution in [3.63, 3.8) is 0 Å². The van der Waals surface area contributed by atoms with Crippen molar-refractivity contribution < 1.29 is 4.74 Å². The Hall–Kier alpha value is -1.09. The Morgan fingerprint density at radius 1 is 1.00 bits per heavy atom. The van der Waals surface area contributed by atoms with Crippen molar-refractivity contribution in [1.82, 2.24) is 0 Å². The molecule has 0 aliphatic heterocycles. The van der Waals surface area contributed by atoms with Crippen molar-refractivity contribution in [2.24, 2.45) is 0 Å². The minimum Gasteiger partial charge on any atom is -0.488 e. The third kappa shape index (κ3) is 4.70. The van der Waals surface area contributed by atoms with Crippen LogP contribution in [-0.2, 0) is 6.54 Å². The van der Waals surface area contributed by atoms with Gasteiger partial charge >= 0.3 is 0 Å². The first-order chi connectivity index (χ1) is 9.95. The fourth-order valence-electron chi connectivity index (χ4n) is 1.83. The zero-order valence-electron chi connectivity index (χ0n) is 11.8. The largest absolute Gasteiger partial charge is 0.488 e. The van der Waals surface area contributed by atoms with Crippen LogP contribution in [0.1, 0.15) is 19.4 Å². The molecule has 0 amide bonds. The number of anilines is 1. The second-order valence-electron chi connectivity index (χ2n) is 4.92. The van der Waals surface area contributed by atoms with E-state index in [-0.39, 0.29) is 6.10 Å². The van der Waals surface area contributed by atoms with Gasteiger partial charge in [-0.25, -0.2) is 0 Å². The number of nitrogens with one attached hydrogen (secondary N) is 1. The lowest BCUT2D eigenvalue weighted by molar-refractivity contribution is 0.242. The molecule has 0 aliphatic carbocycles. The molecule has 0 bridgehead atoms. The molecule has 0 aromatic heterocycles.